The Morgan fingerprint density at radius 2 is 2.00 bits per heavy atom. The molecule has 0 aliphatic heterocycles. The fourth-order valence-corrected chi connectivity index (χ4v) is 3.01. The smallest absolute Gasteiger partial charge is 0.335 e. The molecule has 0 saturated carbocycles. The molecule has 0 radical (unpaired) electrons. The normalized spacial score (nSPS) is 10.5. The standard InChI is InChI=1S/C18H12Cl2N2O4/c19-12-5-10-4-11(18(24)25)6-15(17(10)14(20)7-12)26-9-16(23)22-13-2-1-3-21-8-13/h1-8H,9H2,(H,22,23)(H,24,25). The molecule has 8 heteroatoms. The van der Waals surface area contributed by atoms with Crippen molar-refractivity contribution in [2.75, 3.05) is 11.9 Å². The number of rotatable bonds is 5. The van der Waals surface area contributed by atoms with E-state index in [4.69, 9.17) is 27.9 Å². The number of aromatic carboxylic acids is 1. The molecule has 0 spiro atoms. The van der Waals surface area contributed by atoms with Gasteiger partial charge in [-0.25, -0.2) is 4.79 Å². The first kappa shape index (κ1) is 18.0. The fraction of sp³-hybridized carbons (Fsp3) is 0.0556. The summed E-state index contributed by atoms with van der Waals surface area (Å²) in [6.07, 6.45) is 3.08. The number of amides is 1. The molecule has 1 heterocycles. The molecule has 132 valence electrons. The maximum absolute atomic E-state index is 12.0. The van der Waals surface area contributed by atoms with Crippen LogP contribution in [0, 0.1) is 0 Å². The summed E-state index contributed by atoms with van der Waals surface area (Å²) < 4.78 is 5.54. The predicted octanol–water partition coefficient (Wildman–Crippen LogP) is 4.26. The maximum Gasteiger partial charge on any atom is 0.335 e. The minimum absolute atomic E-state index is 0.00139. The molecule has 0 unspecified atom stereocenters. The average molecular weight is 391 g/mol. The number of carboxylic acids is 1. The molecule has 2 aromatic carbocycles. The van der Waals surface area contributed by atoms with Crippen molar-refractivity contribution in [2.24, 2.45) is 0 Å². The first-order chi connectivity index (χ1) is 12.4. The molecule has 26 heavy (non-hydrogen) atoms. The molecule has 3 aromatic rings. The number of nitrogens with one attached hydrogen (secondary N) is 1. The van der Waals surface area contributed by atoms with E-state index in [2.05, 4.69) is 10.3 Å². The van der Waals surface area contributed by atoms with E-state index < -0.39 is 11.9 Å². The Hall–Kier alpha value is -2.83. The van der Waals surface area contributed by atoms with Gasteiger partial charge in [0.15, 0.2) is 6.61 Å². The van der Waals surface area contributed by atoms with Gasteiger partial charge in [-0.1, -0.05) is 23.2 Å². The van der Waals surface area contributed by atoms with Crippen LogP contribution in [0.2, 0.25) is 10.0 Å². The minimum Gasteiger partial charge on any atom is -0.483 e. The van der Waals surface area contributed by atoms with Crippen molar-refractivity contribution < 1.29 is 19.4 Å². The molecule has 0 fully saturated rings. The molecule has 0 atom stereocenters. The number of benzene rings is 2. The van der Waals surface area contributed by atoms with Crippen LogP contribution in [0.3, 0.4) is 0 Å². The average Bonchev–Trinajstić information content (AvgIpc) is 2.59. The summed E-state index contributed by atoms with van der Waals surface area (Å²) in [4.78, 5) is 27.3. The second kappa shape index (κ2) is 7.59. The monoisotopic (exact) mass is 390 g/mol. The van der Waals surface area contributed by atoms with Crippen LogP contribution >= 0.6 is 23.2 Å². The summed E-state index contributed by atoms with van der Waals surface area (Å²) in [5.41, 5.74) is 0.522. The highest BCUT2D eigenvalue weighted by Crippen LogP contribution is 2.36. The lowest BCUT2D eigenvalue weighted by atomic mass is 10.1. The van der Waals surface area contributed by atoms with Gasteiger partial charge >= 0.3 is 5.97 Å². The van der Waals surface area contributed by atoms with Crippen LogP contribution < -0.4 is 10.1 Å². The van der Waals surface area contributed by atoms with Crippen LogP contribution in [-0.4, -0.2) is 28.6 Å². The molecule has 1 aromatic heterocycles. The van der Waals surface area contributed by atoms with Crippen LogP contribution in [0.5, 0.6) is 5.75 Å². The topological polar surface area (TPSA) is 88.5 Å². The van der Waals surface area contributed by atoms with Gasteiger partial charge in [0, 0.05) is 16.6 Å². The quantitative estimate of drug-likeness (QED) is 0.679. The first-order valence-corrected chi connectivity index (χ1v) is 8.18. The zero-order valence-corrected chi connectivity index (χ0v) is 14.7. The Morgan fingerprint density at radius 1 is 1.19 bits per heavy atom. The van der Waals surface area contributed by atoms with Gasteiger partial charge in [0.25, 0.3) is 5.91 Å². The lowest BCUT2D eigenvalue weighted by Crippen LogP contribution is -2.20. The molecule has 3 rings (SSSR count). The highest BCUT2D eigenvalue weighted by atomic mass is 35.5. The molecule has 0 bridgehead atoms. The van der Waals surface area contributed by atoms with Crippen LogP contribution in [-0.2, 0) is 4.79 Å². The third kappa shape index (κ3) is 4.04. The Bertz CT molecular complexity index is 993. The number of nitrogens with zero attached hydrogens (tertiary/aromatic N) is 1. The van der Waals surface area contributed by atoms with Crippen molar-refractivity contribution in [1.29, 1.82) is 0 Å². The third-order valence-electron chi connectivity index (χ3n) is 3.48. The minimum atomic E-state index is -1.13. The van der Waals surface area contributed by atoms with E-state index in [1.165, 1.54) is 24.4 Å². The van der Waals surface area contributed by atoms with Gasteiger partial charge in [-0.2, -0.15) is 0 Å². The number of carboxylic acid groups (broad SMARTS) is 1. The number of carbonyl (C=O) groups is 2. The van der Waals surface area contributed by atoms with E-state index in [1.54, 1.807) is 24.4 Å². The lowest BCUT2D eigenvalue weighted by molar-refractivity contribution is -0.118. The fourth-order valence-electron chi connectivity index (χ4n) is 2.40. The number of anilines is 1. The number of ether oxygens (including phenoxy) is 1. The zero-order chi connectivity index (χ0) is 18.7. The third-order valence-corrected chi connectivity index (χ3v) is 4.00. The summed E-state index contributed by atoms with van der Waals surface area (Å²) >= 11 is 12.2. The first-order valence-electron chi connectivity index (χ1n) is 7.43. The molecule has 2 N–H and O–H groups in total. The van der Waals surface area contributed by atoms with Crippen molar-refractivity contribution >= 4 is 51.5 Å². The van der Waals surface area contributed by atoms with Gasteiger partial charge in [0.1, 0.15) is 5.75 Å². The van der Waals surface area contributed by atoms with Gasteiger partial charge < -0.3 is 15.2 Å². The van der Waals surface area contributed by atoms with Gasteiger partial charge in [-0.05, 0) is 41.8 Å². The van der Waals surface area contributed by atoms with Crippen molar-refractivity contribution in [1.82, 2.24) is 4.98 Å². The molecule has 0 aliphatic carbocycles. The van der Waals surface area contributed by atoms with Crippen molar-refractivity contribution in [3.05, 3.63) is 64.4 Å². The number of aromatic nitrogens is 1. The van der Waals surface area contributed by atoms with Crippen LogP contribution in [0.25, 0.3) is 10.8 Å². The van der Waals surface area contributed by atoms with Crippen molar-refractivity contribution in [2.45, 2.75) is 0 Å². The molecule has 0 saturated heterocycles. The molecular weight excluding hydrogens is 379 g/mol. The largest absolute Gasteiger partial charge is 0.483 e. The van der Waals surface area contributed by atoms with E-state index >= 15 is 0 Å². The number of halogens is 2. The SMILES string of the molecule is O=C(COc1cc(C(=O)O)cc2cc(Cl)cc(Cl)c12)Nc1cccnc1. The Morgan fingerprint density at radius 3 is 2.69 bits per heavy atom. The molecular formula is C18H12Cl2N2O4. The zero-order valence-electron chi connectivity index (χ0n) is 13.2. The summed E-state index contributed by atoms with van der Waals surface area (Å²) in [7, 11) is 0. The van der Waals surface area contributed by atoms with Gasteiger partial charge in [0.2, 0.25) is 0 Å². The molecule has 1 amide bonds. The number of hydrogen-bond acceptors (Lipinski definition) is 4. The Balaban J connectivity index is 1.88. The summed E-state index contributed by atoms with van der Waals surface area (Å²) in [5.74, 6) is -1.37. The van der Waals surface area contributed by atoms with Gasteiger partial charge in [-0.3, -0.25) is 9.78 Å². The summed E-state index contributed by atoms with van der Waals surface area (Å²) in [6, 6.07) is 9.24. The second-order valence-electron chi connectivity index (χ2n) is 5.34. The van der Waals surface area contributed by atoms with E-state index in [0.717, 1.165) is 0 Å². The molecule has 0 aliphatic rings. The van der Waals surface area contributed by atoms with E-state index in [0.29, 0.717) is 26.5 Å². The number of fused-ring (bicyclic) bond motifs is 1. The Labute approximate surface area is 158 Å². The summed E-state index contributed by atoms with van der Waals surface area (Å²) in [6.45, 7) is -0.327. The number of pyridine rings is 1. The van der Waals surface area contributed by atoms with Crippen molar-refractivity contribution in [3.8, 4) is 5.75 Å². The highest BCUT2D eigenvalue weighted by molar-refractivity contribution is 6.39. The number of hydrogen-bond donors (Lipinski definition) is 2. The van der Waals surface area contributed by atoms with E-state index in [-0.39, 0.29) is 17.9 Å². The van der Waals surface area contributed by atoms with Crippen molar-refractivity contribution in [3.63, 3.8) is 0 Å². The Kier molecular flexibility index (Phi) is 5.25. The van der Waals surface area contributed by atoms with Crippen LogP contribution in [0.1, 0.15) is 10.4 Å². The van der Waals surface area contributed by atoms with Gasteiger partial charge in [-0.15, -0.1) is 0 Å². The predicted molar refractivity (Wildman–Crippen MR) is 99.3 cm³/mol. The highest BCUT2D eigenvalue weighted by Gasteiger charge is 2.15. The summed E-state index contributed by atoms with van der Waals surface area (Å²) in [5, 5.41) is 13.5. The van der Waals surface area contributed by atoms with E-state index in [9.17, 15) is 14.7 Å². The molecule has 6 nitrogen and oxygen atoms in total. The van der Waals surface area contributed by atoms with Gasteiger partial charge in [0.05, 0.1) is 22.5 Å². The van der Waals surface area contributed by atoms with Crippen LogP contribution in [0.4, 0.5) is 5.69 Å². The second-order valence-corrected chi connectivity index (χ2v) is 6.19. The lowest BCUT2D eigenvalue weighted by Gasteiger charge is -2.12. The van der Waals surface area contributed by atoms with E-state index in [1.807, 2.05) is 0 Å². The van der Waals surface area contributed by atoms with Crippen LogP contribution in [0.15, 0.2) is 48.8 Å². The number of carbonyl (C=O) groups excluding carboxylic acids is 1. The maximum atomic E-state index is 12.0.